The largest absolute Gasteiger partial charge is 0.298 e. The van der Waals surface area contributed by atoms with E-state index in [1.54, 1.807) is 16.4 Å². The van der Waals surface area contributed by atoms with Crippen LogP contribution in [-0.2, 0) is 10.0 Å². The van der Waals surface area contributed by atoms with Gasteiger partial charge in [0.15, 0.2) is 0 Å². The van der Waals surface area contributed by atoms with E-state index in [0.717, 1.165) is 23.9 Å². The van der Waals surface area contributed by atoms with Crippen LogP contribution in [0.25, 0.3) is 10.8 Å². The number of sulfonamides is 1. The predicted octanol–water partition coefficient (Wildman–Crippen LogP) is 3.09. The highest BCUT2D eigenvalue weighted by atomic mass is 32.2. The number of rotatable bonds is 3. The summed E-state index contributed by atoms with van der Waals surface area (Å²) in [7, 11) is -3.39. The fraction of sp³-hybridized carbons (Fsp3) is 0.474. The third kappa shape index (κ3) is 2.96. The van der Waals surface area contributed by atoms with Gasteiger partial charge in [0, 0.05) is 32.2 Å². The van der Waals surface area contributed by atoms with Crippen LogP contribution in [0.4, 0.5) is 0 Å². The lowest BCUT2D eigenvalue weighted by Gasteiger charge is -2.37. The van der Waals surface area contributed by atoms with E-state index in [0.29, 0.717) is 24.0 Å². The van der Waals surface area contributed by atoms with E-state index in [9.17, 15) is 8.42 Å². The van der Waals surface area contributed by atoms with Crippen molar-refractivity contribution >= 4 is 20.8 Å². The Morgan fingerprint density at radius 3 is 2.21 bits per heavy atom. The first-order chi connectivity index (χ1) is 11.6. The molecule has 0 radical (unpaired) electrons. The van der Waals surface area contributed by atoms with Crippen LogP contribution >= 0.6 is 0 Å². The van der Waals surface area contributed by atoms with Gasteiger partial charge in [0.1, 0.15) is 0 Å². The minimum absolute atomic E-state index is 0.413. The number of piperazine rings is 1. The van der Waals surface area contributed by atoms with Crippen LogP contribution in [0, 0.1) is 0 Å². The molecule has 0 unspecified atom stereocenters. The van der Waals surface area contributed by atoms with Crippen LogP contribution in [0.15, 0.2) is 47.4 Å². The van der Waals surface area contributed by atoms with Gasteiger partial charge in [-0.15, -0.1) is 0 Å². The summed E-state index contributed by atoms with van der Waals surface area (Å²) in [4.78, 5) is 2.90. The van der Waals surface area contributed by atoms with Crippen molar-refractivity contribution in [2.45, 2.75) is 36.6 Å². The van der Waals surface area contributed by atoms with Crippen LogP contribution < -0.4 is 0 Å². The van der Waals surface area contributed by atoms with E-state index < -0.39 is 10.0 Å². The van der Waals surface area contributed by atoms with Crippen molar-refractivity contribution in [3.05, 3.63) is 42.5 Å². The van der Waals surface area contributed by atoms with Gasteiger partial charge in [0.05, 0.1) is 4.90 Å². The maximum Gasteiger partial charge on any atom is 0.243 e. The summed E-state index contributed by atoms with van der Waals surface area (Å²) in [6.07, 6.45) is 5.19. The normalized spacial score (nSPS) is 21.5. The number of benzene rings is 2. The molecular weight excluding hydrogens is 320 g/mol. The first kappa shape index (κ1) is 16.1. The molecule has 1 saturated carbocycles. The summed E-state index contributed by atoms with van der Waals surface area (Å²) in [6, 6.07) is 14.0. The van der Waals surface area contributed by atoms with Crippen molar-refractivity contribution in [3.63, 3.8) is 0 Å². The monoisotopic (exact) mass is 344 g/mol. The van der Waals surface area contributed by atoms with Crippen molar-refractivity contribution in [2.75, 3.05) is 26.2 Å². The highest BCUT2D eigenvalue weighted by molar-refractivity contribution is 7.89. The quantitative estimate of drug-likeness (QED) is 0.859. The molecule has 1 saturated heterocycles. The molecule has 2 aromatic rings. The van der Waals surface area contributed by atoms with Gasteiger partial charge in [-0.25, -0.2) is 8.42 Å². The average Bonchev–Trinajstić information content (AvgIpc) is 3.16. The molecule has 1 aliphatic carbocycles. The summed E-state index contributed by atoms with van der Waals surface area (Å²) in [6.45, 7) is 2.92. The molecule has 0 atom stereocenters. The summed E-state index contributed by atoms with van der Waals surface area (Å²) >= 11 is 0. The van der Waals surface area contributed by atoms with Crippen molar-refractivity contribution in [1.29, 1.82) is 0 Å². The Morgan fingerprint density at radius 1 is 0.833 bits per heavy atom. The zero-order chi connectivity index (χ0) is 16.6. The molecule has 24 heavy (non-hydrogen) atoms. The fourth-order valence-electron chi connectivity index (χ4n) is 4.06. The average molecular weight is 344 g/mol. The second-order valence-corrected chi connectivity index (χ2v) is 8.83. The van der Waals surface area contributed by atoms with Crippen LogP contribution in [0.5, 0.6) is 0 Å². The van der Waals surface area contributed by atoms with E-state index >= 15 is 0 Å². The van der Waals surface area contributed by atoms with Gasteiger partial charge in [0.25, 0.3) is 0 Å². The van der Waals surface area contributed by atoms with Crippen LogP contribution in [0.1, 0.15) is 25.7 Å². The topological polar surface area (TPSA) is 40.6 Å². The lowest BCUT2D eigenvalue weighted by atomic mass is 10.1. The number of hydrogen-bond acceptors (Lipinski definition) is 3. The standard InChI is InChI=1S/C19H24N2O2S/c22-24(23,19-10-9-16-5-1-2-6-17(16)15-19)21-13-11-20(12-14-21)18-7-3-4-8-18/h1-2,5-6,9-10,15,18H,3-4,7-8,11-14H2. The first-order valence-electron chi connectivity index (χ1n) is 8.88. The van der Waals surface area contributed by atoms with Gasteiger partial charge < -0.3 is 0 Å². The van der Waals surface area contributed by atoms with Gasteiger partial charge in [-0.05, 0) is 35.7 Å². The minimum atomic E-state index is -3.39. The van der Waals surface area contributed by atoms with Gasteiger partial charge in [-0.3, -0.25) is 4.90 Å². The number of fused-ring (bicyclic) bond motifs is 1. The Labute approximate surface area is 144 Å². The molecule has 4 nitrogen and oxygen atoms in total. The Kier molecular flexibility index (Phi) is 4.33. The van der Waals surface area contributed by atoms with Gasteiger partial charge in [-0.1, -0.05) is 43.2 Å². The molecule has 1 heterocycles. The molecule has 0 amide bonds. The third-order valence-corrected chi connectivity index (χ3v) is 7.37. The smallest absolute Gasteiger partial charge is 0.243 e. The summed E-state index contributed by atoms with van der Waals surface area (Å²) in [5.74, 6) is 0. The molecule has 5 heteroatoms. The molecule has 4 rings (SSSR count). The van der Waals surface area contributed by atoms with Crippen molar-refractivity contribution in [3.8, 4) is 0 Å². The Bertz CT molecular complexity index is 820. The lowest BCUT2D eigenvalue weighted by molar-refractivity contribution is 0.139. The van der Waals surface area contributed by atoms with Gasteiger partial charge in [-0.2, -0.15) is 4.31 Å². The molecule has 2 fully saturated rings. The van der Waals surface area contributed by atoms with E-state index in [-0.39, 0.29) is 0 Å². The van der Waals surface area contributed by atoms with Crippen LogP contribution in [-0.4, -0.2) is 49.8 Å². The van der Waals surface area contributed by atoms with Gasteiger partial charge in [0.2, 0.25) is 10.0 Å². The lowest BCUT2D eigenvalue weighted by Crippen LogP contribution is -2.51. The zero-order valence-electron chi connectivity index (χ0n) is 13.9. The molecule has 2 aliphatic rings. The van der Waals surface area contributed by atoms with Crippen LogP contribution in [0.3, 0.4) is 0 Å². The summed E-state index contributed by atoms with van der Waals surface area (Å²) < 4.78 is 27.6. The van der Waals surface area contributed by atoms with E-state index in [1.807, 2.05) is 30.3 Å². The molecule has 128 valence electrons. The second-order valence-electron chi connectivity index (χ2n) is 6.89. The first-order valence-corrected chi connectivity index (χ1v) is 10.3. The fourth-order valence-corrected chi connectivity index (χ4v) is 5.51. The van der Waals surface area contributed by atoms with Crippen molar-refractivity contribution < 1.29 is 8.42 Å². The Morgan fingerprint density at radius 2 is 1.50 bits per heavy atom. The molecule has 1 aliphatic heterocycles. The maximum atomic E-state index is 13.0. The third-order valence-electron chi connectivity index (χ3n) is 5.47. The van der Waals surface area contributed by atoms with Crippen LogP contribution in [0.2, 0.25) is 0 Å². The number of hydrogen-bond donors (Lipinski definition) is 0. The van der Waals surface area contributed by atoms with E-state index in [4.69, 9.17) is 0 Å². The maximum absolute atomic E-state index is 13.0. The zero-order valence-corrected chi connectivity index (χ0v) is 14.7. The molecular formula is C19H24N2O2S. The SMILES string of the molecule is O=S(=O)(c1ccc2ccccc2c1)N1CCN(C2CCCC2)CC1. The van der Waals surface area contributed by atoms with E-state index in [2.05, 4.69) is 4.90 Å². The highest BCUT2D eigenvalue weighted by Gasteiger charge is 2.31. The molecule has 2 aromatic carbocycles. The second kappa shape index (κ2) is 6.47. The molecule has 0 N–H and O–H groups in total. The molecule has 0 spiro atoms. The van der Waals surface area contributed by atoms with Crippen molar-refractivity contribution in [1.82, 2.24) is 9.21 Å². The minimum Gasteiger partial charge on any atom is -0.298 e. The number of nitrogens with zero attached hydrogens (tertiary/aromatic N) is 2. The van der Waals surface area contributed by atoms with Gasteiger partial charge >= 0.3 is 0 Å². The summed E-state index contributed by atoms with van der Waals surface area (Å²) in [5.41, 5.74) is 0. The van der Waals surface area contributed by atoms with E-state index in [1.165, 1.54) is 25.7 Å². The highest BCUT2D eigenvalue weighted by Crippen LogP contribution is 2.26. The Balaban J connectivity index is 1.52. The Hall–Kier alpha value is -1.43. The molecule has 0 bridgehead atoms. The summed E-state index contributed by atoms with van der Waals surface area (Å²) in [5, 5.41) is 2.05. The van der Waals surface area contributed by atoms with Crippen molar-refractivity contribution in [2.24, 2.45) is 0 Å². The predicted molar refractivity (Wildman–Crippen MR) is 96.5 cm³/mol. The molecule has 0 aromatic heterocycles.